The van der Waals surface area contributed by atoms with Crippen molar-refractivity contribution in [2.75, 3.05) is 6.61 Å². The van der Waals surface area contributed by atoms with Crippen LogP contribution in [0.1, 0.15) is 97.3 Å². The second-order valence-corrected chi connectivity index (χ2v) is 6.68. The topological polar surface area (TPSA) is 29.5 Å². The van der Waals surface area contributed by atoms with Crippen LogP contribution in [0, 0.1) is 0 Å². The van der Waals surface area contributed by atoms with Gasteiger partial charge in [0.25, 0.3) is 0 Å². The fourth-order valence-corrected chi connectivity index (χ4v) is 3.32. The van der Waals surface area contributed by atoms with E-state index in [9.17, 15) is 5.11 Å². The van der Waals surface area contributed by atoms with Crippen LogP contribution in [0.4, 0.5) is 0 Å². The van der Waals surface area contributed by atoms with Crippen LogP contribution in [0.2, 0.25) is 0 Å². The Hall–Kier alpha value is -0.0800. The summed E-state index contributed by atoms with van der Waals surface area (Å²) in [6.07, 6.45) is 15.5. The Labute approximate surface area is 126 Å². The van der Waals surface area contributed by atoms with Gasteiger partial charge >= 0.3 is 0 Å². The minimum Gasteiger partial charge on any atom is -0.390 e. The van der Waals surface area contributed by atoms with Gasteiger partial charge in [-0.25, -0.2) is 0 Å². The minimum atomic E-state index is -0.462. The van der Waals surface area contributed by atoms with E-state index in [-0.39, 0.29) is 0 Å². The van der Waals surface area contributed by atoms with Crippen molar-refractivity contribution in [1.82, 2.24) is 0 Å². The van der Waals surface area contributed by atoms with Gasteiger partial charge in [0, 0.05) is 13.0 Å². The first kappa shape index (κ1) is 18.0. The molecule has 1 saturated heterocycles. The van der Waals surface area contributed by atoms with E-state index in [0.717, 1.165) is 38.7 Å². The zero-order valence-electron chi connectivity index (χ0n) is 13.8. The number of aliphatic hydroxyl groups is 1. The molecule has 0 aromatic rings. The molecule has 0 spiro atoms. The summed E-state index contributed by atoms with van der Waals surface area (Å²) in [5, 5.41) is 11.0. The molecule has 2 nitrogen and oxygen atoms in total. The largest absolute Gasteiger partial charge is 0.390 e. The van der Waals surface area contributed by atoms with Crippen LogP contribution in [0.25, 0.3) is 0 Å². The average molecular weight is 284 g/mol. The van der Waals surface area contributed by atoms with Gasteiger partial charge < -0.3 is 9.84 Å². The van der Waals surface area contributed by atoms with Crippen LogP contribution in [0.5, 0.6) is 0 Å². The third-order valence-electron chi connectivity index (χ3n) is 4.62. The zero-order chi connectivity index (χ0) is 14.7. The van der Waals surface area contributed by atoms with Gasteiger partial charge in [-0.15, -0.1) is 0 Å². The number of hydrogen-bond acceptors (Lipinski definition) is 2. The summed E-state index contributed by atoms with van der Waals surface area (Å²) in [7, 11) is 0. The predicted molar refractivity (Wildman–Crippen MR) is 86.1 cm³/mol. The van der Waals surface area contributed by atoms with Gasteiger partial charge in [0.2, 0.25) is 0 Å². The van der Waals surface area contributed by atoms with E-state index in [1.165, 1.54) is 51.4 Å². The first-order chi connectivity index (χ1) is 9.70. The molecular formula is C18H36O2. The normalized spacial score (nSPS) is 22.1. The molecule has 1 fully saturated rings. The molecule has 0 aliphatic carbocycles. The quantitative estimate of drug-likeness (QED) is 0.497. The van der Waals surface area contributed by atoms with Gasteiger partial charge in [0.1, 0.15) is 0 Å². The Morgan fingerprint density at radius 1 is 0.950 bits per heavy atom. The van der Waals surface area contributed by atoms with Gasteiger partial charge in [0.15, 0.2) is 0 Å². The molecule has 0 aromatic heterocycles. The maximum atomic E-state index is 11.0. The SMILES string of the molecule is CCCCCCCC(O)(CCCCC)CC1CCCO1. The Kier molecular flexibility index (Phi) is 9.54. The second kappa shape index (κ2) is 10.6. The van der Waals surface area contributed by atoms with E-state index in [1.54, 1.807) is 0 Å². The van der Waals surface area contributed by atoms with Gasteiger partial charge in [-0.05, 0) is 25.7 Å². The molecule has 1 rings (SSSR count). The van der Waals surface area contributed by atoms with Crippen molar-refractivity contribution in [3.63, 3.8) is 0 Å². The van der Waals surface area contributed by atoms with E-state index in [1.807, 2.05) is 0 Å². The molecule has 2 atom stereocenters. The summed E-state index contributed by atoms with van der Waals surface area (Å²) in [6.45, 7) is 5.37. The van der Waals surface area contributed by atoms with Crippen molar-refractivity contribution in [1.29, 1.82) is 0 Å². The summed E-state index contributed by atoms with van der Waals surface area (Å²) in [4.78, 5) is 0. The zero-order valence-corrected chi connectivity index (χ0v) is 13.8. The average Bonchev–Trinajstić information content (AvgIpc) is 2.91. The molecule has 1 heterocycles. The van der Waals surface area contributed by atoms with Crippen molar-refractivity contribution >= 4 is 0 Å². The molecule has 0 amide bonds. The first-order valence-corrected chi connectivity index (χ1v) is 9.04. The van der Waals surface area contributed by atoms with Crippen molar-refractivity contribution < 1.29 is 9.84 Å². The molecule has 1 aliphatic heterocycles. The van der Waals surface area contributed by atoms with Crippen molar-refractivity contribution in [3.05, 3.63) is 0 Å². The molecule has 2 heteroatoms. The highest BCUT2D eigenvalue weighted by atomic mass is 16.5. The summed E-state index contributed by atoms with van der Waals surface area (Å²) in [5.74, 6) is 0. The van der Waals surface area contributed by atoms with E-state index in [4.69, 9.17) is 4.74 Å². The molecule has 1 N–H and O–H groups in total. The first-order valence-electron chi connectivity index (χ1n) is 9.04. The highest BCUT2D eigenvalue weighted by Gasteiger charge is 2.31. The summed E-state index contributed by atoms with van der Waals surface area (Å²) < 4.78 is 5.74. The van der Waals surface area contributed by atoms with E-state index >= 15 is 0 Å². The Balaban J connectivity index is 2.31. The lowest BCUT2D eigenvalue weighted by Gasteiger charge is -2.31. The fraction of sp³-hybridized carbons (Fsp3) is 1.00. The van der Waals surface area contributed by atoms with Gasteiger partial charge in [-0.3, -0.25) is 0 Å². The number of unbranched alkanes of at least 4 members (excludes halogenated alkanes) is 6. The summed E-state index contributed by atoms with van der Waals surface area (Å²) in [5.41, 5.74) is -0.462. The molecule has 1 aliphatic rings. The van der Waals surface area contributed by atoms with E-state index < -0.39 is 5.60 Å². The molecular weight excluding hydrogens is 248 g/mol. The Bertz CT molecular complexity index is 223. The second-order valence-electron chi connectivity index (χ2n) is 6.68. The van der Waals surface area contributed by atoms with Crippen LogP contribution < -0.4 is 0 Å². The lowest BCUT2D eigenvalue weighted by atomic mass is 9.84. The van der Waals surface area contributed by atoms with Crippen LogP contribution in [-0.2, 0) is 4.74 Å². The van der Waals surface area contributed by atoms with Crippen molar-refractivity contribution in [3.8, 4) is 0 Å². The standard InChI is InChI=1S/C18H36O2/c1-3-5-7-8-10-14-18(19,13-9-6-4-2)16-17-12-11-15-20-17/h17,19H,3-16H2,1-2H3. The van der Waals surface area contributed by atoms with Gasteiger partial charge in [0.05, 0.1) is 11.7 Å². The number of hydrogen-bond donors (Lipinski definition) is 1. The fourth-order valence-electron chi connectivity index (χ4n) is 3.32. The molecule has 20 heavy (non-hydrogen) atoms. The Morgan fingerprint density at radius 2 is 1.55 bits per heavy atom. The van der Waals surface area contributed by atoms with E-state index in [2.05, 4.69) is 13.8 Å². The van der Waals surface area contributed by atoms with Crippen molar-refractivity contribution in [2.24, 2.45) is 0 Å². The van der Waals surface area contributed by atoms with Crippen LogP contribution in [0.15, 0.2) is 0 Å². The lowest BCUT2D eigenvalue weighted by molar-refractivity contribution is -0.0341. The maximum absolute atomic E-state index is 11.0. The molecule has 0 aromatic carbocycles. The van der Waals surface area contributed by atoms with Crippen LogP contribution in [0.3, 0.4) is 0 Å². The maximum Gasteiger partial charge on any atom is 0.0672 e. The highest BCUT2D eigenvalue weighted by molar-refractivity contribution is 4.83. The predicted octanol–water partition coefficient (Wildman–Crippen LogP) is 5.23. The molecule has 0 bridgehead atoms. The number of ether oxygens (including phenoxy) is 1. The van der Waals surface area contributed by atoms with E-state index in [0.29, 0.717) is 6.10 Å². The molecule has 0 saturated carbocycles. The summed E-state index contributed by atoms with van der Waals surface area (Å²) >= 11 is 0. The monoisotopic (exact) mass is 284 g/mol. The lowest BCUT2D eigenvalue weighted by Crippen LogP contribution is -2.33. The third-order valence-corrected chi connectivity index (χ3v) is 4.62. The van der Waals surface area contributed by atoms with Crippen LogP contribution in [-0.4, -0.2) is 23.4 Å². The van der Waals surface area contributed by atoms with Crippen LogP contribution >= 0.6 is 0 Å². The Morgan fingerprint density at radius 3 is 2.15 bits per heavy atom. The minimum absolute atomic E-state index is 0.317. The molecule has 0 radical (unpaired) electrons. The van der Waals surface area contributed by atoms with Crippen molar-refractivity contribution in [2.45, 2.75) is 109 Å². The summed E-state index contributed by atoms with van der Waals surface area (Å²) in [6, 6.07) is 0. The van der Waals surface area contributed by atoms with Gasteiger partial charge in [-0.2, -0.15) is 0 Å². The number of rotatable bonds is 12. The smallest absolute Gasteiger partial charge is 0.0672 e. The molecule has 2 unspecified atom stereocenters. The third kappa shape index (κ3) is 7.64. The molecule has 120 valence electrons. The highest BCUT2D eigenvalue weighted by Crippen LogP contribution is 2.31. The van der Waals surface area contributed by atoms with Gasteiger partial charge in [-0.1, -0.05) is 65.2 Å².